The molecule has 2 rings (SSSR count). The summed E-state index contributed by atoms with van der Waals surface area (Å²) in [7, 11) is 1.60. The van der Waals surface area contributed by atoms with Crippen molar-refractivity contribution in [3.63, 3.8) is 0 Å². The Morgan fingerprint density at radius 3 is 3.05 bits per heavy atom. The first-order valence-electron chi connectivity index (χ1n) is 6.85. The Morgan fingerprint density at radius 2 is 2.37 bits per heavy atom. The highest BCUT2D eigenvalue weighted by molar-refractivity contribution is 4.90. The zero-order valence-corrected chi connectivity index (χ0v) is 11.8. The molecule has 2 heterocycles. The van der Waals surface area contributed by atoms with Crippen molar-refractivity contribution in [2.75, 3.05) is 26.8 Å². The maximum absolute atomic E-state index is 9.61. The highest BCUT2D eigenvalue weighted by Gasteiger charge is 2.33. The standard InChI is InChI=1S/C13H23N3O3/c1-3-13(10-17)5-4-6-16(9-13)7-11-14-12(8-18-2)19-15-11/h17H,3-10H2,1-2H3/t13-/m0/s1. The molecule has 1 N–H and O–H groups in total. The van der Waals surface area contributed by atoms with Crippen LogP contribution in [0.5, 0.6) is 0 Å². The minimum Gasteiger partial charge on any atom is -0.396 e. The average molecular weight is 269 g/mol. The summed E-state index contributed by atoms with van der Waals surface area (Å²) in [6.07, 6.45) is 3.20. The number of likely N-dealkylation sites (tertiary alicyclic amines) is 1. The van der Waals surface area contributed by atoms with Gasteiger partial charge >= 0.3 is 0 Å². The van der Waals surface area contributed by atoms with Crippen molar-refractivity contribution >= 4 is 0 Å². The molecule has 1 saturated heterocycles. The summed E-state index contributed by atoms with van der Waals surface area (Å²) in [4.78, 5) is 6.58. The average Bonchev–Trinajstić information content (AvgIpc) is 2.87. The van der Waals surface area contributed by atoms with E-state index < -0.39 is 0 Å². The Labute approximate surface area is 113 Å². The molecular weight excluding hydrogens is 246 g/mol. The zero-order chi connectivity index (χ0) is 13.7. The molecule has 1 aliphatic rings. The first kappa shape index (κ1) is 14.4. The lowest BCUT2D eigenvalue weighted by Gasteiger charge is -2.40. The van der Waals surface area contributed by atoms with E-state index in [1.54, 1.807) is 7.11 Å². The van der Waals surface area contributed by atoms with Crippen LogP contribution in [0, 0.1) is 5.41 Å². The lowest BCUT2D eigenvalue weighted by atomic mass is 9.78. The fraction of sp³-hybridized carbons (Fsp3) is 0.846. The van der Waals surface area contributed by atoms with Crippen LogP contribution in [0.25, 0.3) is 0 Å². The van der Waals surface area contributed by atoms with Gasteiger partial charge in [-0.25, -0.2) is 0 Å². The minimum absolute atomic E-state index is 0.0390. The zero-order valence-electron chi connectivity index (χ0n) is 11.8. The highest BCUT2D eigenvalue weighted by atomic mass is 16.5. The summed E-state index contributed by atoms with van der Waals surface area (Å²) < 4.78 is 10.0. The van der Waals surface area contributed by atoms with Crippen LogP contribution >= 0.6 is 0 Å². The van der Waals surface area contributed by atoms with Gasteiger partial charge in [-0.1, -0.05) is 12.1 Å². The van der Waals surface area contributed by atoms with Gasteiger partial charge in [0.15, 0.2) is 5.82 Å². The Kier molecular flexibility index (Phi) is 4.90. The van der Waals surface area contributed by atoms with E-state index in [1.165, 1.54) is 0 Å². The van der Waals surface area contributed by atoms with Gasteiger partial charge in [0.25, 0.3) is 5.89 Å². The van der Waals surface area contributed by atoms with Gasteiger partial charge in [-0.15, -0.1) is 0 Å². The lowest BCUT2D eigenvalue weighted by molar-refractivity contribution is 0.0245. The monoisotopic (exact) mass is 269 g/mol. The molecule has 1 aromatic heterocycles. The predicted octanol–water partition coefficient (Wildman–Crippen LogP) is 1.20. The molecule has 19 heavy (non-hydrogen) atoms. The fourth-order valence-corrected chi connectivity index (χ4v) is 2.71. The van der Waals surface area contributed by atoms with E-state index in [1.807, 2.05) is 0 Å². The Bertz CT molecular complexity index is 390. The summed E-state index contributed by atoms with van der Waals surface area (Å²) in [5.41, 5.74) is 0.0390. The smallest absolute Gasteiger partial charge is 0.252 e. The van der Waals surface area contributed by atoms with Crippen LogP contribution in [0.3, 0.4) is 0 Å². The van der Waals surface area contributed by atoms with Crippen molar-refractivity contribution in [2.24, 2.45) is 5.41 Å². The molecular formula is C13H23N3O3. The van der Waals surface area contributed by atoms with Crippen molar-refractivity contribution in [3.05, 3.63) is 11.7 Å². The molecule has 0 bridgehead atoms. The van der Waals surface area contributed by atoms with Crippen LogP contribution in [-0.2, 0) is 17.9 Å². The van der Waals surface area contributed by atoms with Gasteiger partial charge in [0.1, 0.15) is 6.61 Å². The van der Waals surface area contributed by atoms with E-state index >= 15 is 0 Å². The molecule has 6 nitrogen and oxygen atoms in total. The largest absolute Gasteiger partial charge is 0.396 e. The molecule has 0 aliphatic carbocycles. The number of nitrogens with zero attached hydrogens (tertiary/aromatic N) is 3. The number of hydrogen-bond acceptors (Lipinski definition) is 6. The first-order chi connectivity index (χ1) is 9.21. The van der Waals surface area contributed by atoms with Crippen molar-refractivity contribution in [2.45, 2.75) is 39.3 Å². The second kappa shape index (κ2) is 6.45. The van der Waals surface area contributed by atoms with Crippen molar-refractivity contribution in [1.29, 1.82) is 0 Å². The summed E-state index contributed by atoms with van der Waals surface area (Å²) in [6, 6.07) is 0. The third kappa shape index (κ3) is 3.52. The summed E-state index contributed by atoms with van der Waals surface area (Å²) in [6.45, 7) is 5.34. The van der Waals surface area contributed by atoms with Gasteiger partial charge in [0.2, 0.25) is 0 Å². The molecule has 1 aliphatic heterocycles. The van der Waals surface area contributed by atoms with E-state index in [4.69, 9.17) is 9.26 Å². The van der Waals surface area contributed by atoms with Gasteiger partial charge in [-0.05, 0) is 25.8 Å². The molecule has 0 saturated carbocycles. The van der Waals surface area contributed by atoms with Gasteiger partial charge in [0.05, 0.1) is 6.54 Å². The third-order valence-electron chi connectivity index (χ3n) is 3.97. The van der Waals surface area contributed by atoms with Crippen LogP contribution < -0.4 is 0 Å². The number of methoxy groups -OCH3 is 1. The maximum Gasteiger partial charge on any atom is 0.252 e. The van der Waals surface area contributed by atoms with Gasteiger partial charge in [0, 0.05) is 25.7 Å². The molecule has 1 atom stereocenters. The number of piperidine rings is 1. The van der Waals surface area contributed by atoms with Crippen LogP contribution in [0.15, 0.2) is 4.52 Å². The van der Waals surface area contributed by atoms with Crippen molar-refractivity contribution < 1.29 is 14.4 Å². The van der Waals surface area contributed by atoms with Crippen LogP contribution in [0.4, 0.5) is 0 Å². The lowest BCUT2D eigenvalue weighted by Crippen LogP contribution is -2.44. The maximum atomic E-state index is 9.61. The Hall–Kier alpha value is -0.980. The van der Waals surface area contributed by atoms with E-state index in [0.717, 1.165) is 32.4 Å². The van der Waals surface area contributed by atoms with Gasteiger partial charge in [-0.2, -0.15) is 4.98 Å². The quantitative estimate of drug-likeness (QED) is 0.836. The fourth-order valence-electron chi connectivity index (χ4n) is 2.71. The van der Waals surface area contributed by atoms with Gasteiger partial charge in [-0.3, -0.25) is 4.90 Å². The molecule has 6 heteroatoms. The minimum atomic E-state index is 0.0390. The normalized spacial score (nSPS) is 24.8. The number of aliphatic hydroxyl groups excluding tert-OH is 1. The SMILES string of the molecule is CC[C@]1(CO)CCCN(Cc2noc(COC)n2)C1. The molecule has 1 aromatic rings. The number of rotatable bonds is 6. The molecule has 0 radical (unpaired) electrons. The number of ether oxygens (including phenoxy) is 1. The van der Waals surface area contributed by atoms with Crippen LogP contribution in [0.2, 0.25) is 0 Å². The molecule has 0 amide bonds. The molecule has 0 unspecified atom stereocenters. The van der Waals surface area contributed by atoms with E-state index in [-0.39, 0.29) is 12.0 Å². The number of hydrogen-bond donors (Lipinski definition) is 1. The summed E-state index contributed by atoms with van der Waals surface area (Å²) in [5, 5.41) is 13.6. The van der Waals surface area contributed by atoms with Crippen LogP contribution in [-0.4, -0.2) is 47.0 Å². The van der Waals surface area contributed by atoms with Crippen LogP contribution in [0.1, 0.15) is 37.9 Å². The molecule has 108 valence electrons. The molecule has 0 spiro atoms. The van der Waals surface area contributed by atoms with Gasteiger partial charge < -0.3 is 14.4 Å². The Morgan fingerprint density at radius 1 is 1.53 bits per heavy atom. The van der Waals surface area contributed by atoms with E-state index in [9.17, 15) is 5.11 Å². The van der Waals surface area contributed by atoms with Crippen molar-refractivity contribution in [1.82, 2.24) is 15.0 Å². The number of aromatic nitrogens is 2. The molecule has 0 aromatic carbocycles. The predicted molar refractivity (Wildman–Crippen MR) is 69.3 cm³/mol. The highest BCUT2D eigenvalue weighted by Crippen LogP contribution is 2.33. The second-order valence-corrected chi connectivity index (χ2v) is 5.36. The summed E-state index contributed by atoms with van der Waals surface area (Å²) >= 11 is 0. The topological polar surface area (TPSA) is 71.6 Å². The second-order valence-electron chi connectivity index (χ2n) is 5.36. The van der Waals surface area contributed by atoms with Crippen molar-refractivity contribution in [3.8, 4) is 0 Å². The number of aliphatic hydroxyl groups is 1. The Balaban J connectivity index is 1.94. The third-order valence-corrected chi connectivity index (χ3v) is 3.97. The molecule has 1 fully saturated rings. The first-order valence-corrected chi connectivity index (χ1v) is 6.85. The van der Waals surface area contributed by atoms with E-state index in [2.05, 4.69) is 22.0 Å². The summed E-state index contributed by atoms with van der Waals surface area (Å²) in [5.74, 6) is 1.20. The van der Waals surface area contributed by atoms with E-state index in [0.29, 0.717) is 24.9 Å².